The van der Waals surface area contributed by atoms with Gasteiger partial charge < -0.3 is 10.1 Å². The second-order valence-corrected chi connectivity index (χ2v) is 9.49. The smallest absolute Gasteiger partial charge is 0.248 e. The maximum Gasteiger partial charge on any atom is 0.248 e. The van der Waals surface area contributed by atoms with Crippen LogP contribution in [0.4, 0.5) is 5.00 Å². The summed E-state index contributed by atoms with van der Waals surface area (Å²) in [5.41, 5.74) is 0.905. The molecule has 0 atom stereocenters. The topological polar surface area (TPSA) is 75.7 Å². The van der Waals surface area contributed by atoms with Crippen LogP contribution >= 0.6 is 11.3 Å². The molecule has 0 spiro atoms. The highest BCUT2D eigenvalue weighted by molar-refractivity contribution is 7.89. The number of nitrogens with one attached hydrogen (secondary N) is 1. The fourth-order valence-electron chi connectivity index (χ4n) is 3.00. The van der Waals surface area contributed by atoms with Gasteiger partial charge in [0.1, 0.15) is 11.5 Å². The van der Waals surface area contributed by atoms with Gasteiger partial charge in [0.25, 0.3) is 0 Å². The zero-order chi connectivity index (χ0) is 20.4. The molecule has 2 heterocycles. The van der Waals surface area contributed by atoms with E-state index in [4.69, 9.17) is 4.74 Å². The van der Waals surface area contributed by atoms with Crippen molar-refractivity contribution >= 4 is 32.3 Å². The molecule has 0 saturated carbocycles. The molecule has 0 fully saturated rings. The number of benzene rings is 2. The summed E-state index contributed by atoms with van der Waals surface area (Å²) in [5, 5.41) is 3.41. The van der Waals surface area contributed by atoms with Gasteiger partial charge in [-0.25, -0.2) is 8.42 Å². The Bertz CT molecular complexity index is 1130. The van der Waals surface area contributed by atoms with Gasteiger partial charge in [-0.1, -0.05) is 24.8 Å². The van der Waals surface area contributed by atoms with Crippen LogP contribution in [-0.4, -0.2) is 18.6 Å². The SMILES string of the molecule is C=CC(=O)Nc1cc2c(s1)CN(S(=O)(=O)c1ccc(Oc3ccccc3)cc1)C2. The molecular weight excluding hydrogens is 408 g/mol. The van der Waals surface area contributed by atoms with Crippen molar-refractivity contribution in [1.82, 2.24) is 4.31 Å². The molecule has 29 heavy (non-hydrogen) atoms. The van der Waals surface area contributed by atoms with Crippen molar-refractivity contribution in [1.29, 1.82) is 0 Å². The molecule has 0 aliphatic carbocycles. The number of carbonyl (C=O) groups is 1. The number of thiophene rings is 1. The highest BCUT2D eigenvalue weighted by atomic mass is 32.2. The monoisotopic (exact) mass is 426 g/mol. The van der Waals surface area contributed by atoms with Crippen molar-refractivity contribution in [2.75, 3.05) is 5.32 Å². The second kappa shape index (κ2) is 7.82. The number of fused-ring (bicyclic) bond motifs is 1. The highest BCUT2D eigenvalue weighted by Crippen LogP contribution is 2.37. The Morgan fingerprint density at radius 2 is 1.76 bits per heavy atom. The summed E-state index contributed by atoms with van der Waals surface area (Å²) in [4.78, 5) is 12.6. The van der Waals surface area contributed by atoms with Gasteiger partial charge in [-0.2, -0.15) is 4.31 Å². The molecule has 4 rings (SSSR count). The van der Waals surface area contributed by atoms with Crippen LogP contribution in [0.15, 0.2) is 78.2 Å². The van der Waals surface area contributed by atoms with E-state index >= 15 is 0 Å². The Labute approximate surface area is 173 Å². The van der Waals surface area contributed by atoms with Gasteiger partial charge in [0.05, 0.1) is 9.90 Å². The molecule has 0 saturated heterocycles. The third kappa shape index (κ3) is 4.09. The molecule has 1 aromatic heterocycles. The van der Waals surface area contributed by atoms with Crippen molar-refractivity contribution in [2.45, 2.75) is 18.0 Å². The van der Waals surface area contributed by atoms with Crippen LogP contribution in [0.5, 0.6) is 11.5 Å². The summed E-state index contributed by atoms with van der Waals surface area (Å²) >= 11 is 1.38. The van der Waals surface area contributed by atoms with E-state index in [-0.39, 0.29) is 23.9 Å². The Balaban J connectivity index is 1.46. The van der Waals surface area contributed by atoms with E-state index < -0.39 is 10.0 Å². The van der Waals surface area contributed by atoms with Crippen molar-refractivity contribution < 1.29 is 17.9 Å². The molecule has 0 bridgehead atoms. The van der Waals surface area contributed by atoms with E-state index in [0.717, 1.165) is 10.4 Å². The third-order valence-electron chi connectivity index (χ3n) is 4.44. The summed E-state index contributed by atoms with van der Waals surface area (Å²) < 4.78 is 33.1. The van der Waals surface area contributed by atoms with Crippen molar-refractivity contribution in [3.05, 3.63) is 83.8 Å². The number of para-hydroxylation sites is 1. The fourth-order valence-corrected chi connectivity index (χ4v) is 5.56. The van der Waals surface area contributed by atoms with Crippen molar-refractivity contribution in [3.8, 4) is 11.5 Å². The Hall–Kier alpha value is -2.94. The molecule has 1 N–H and O–H groups in total. The molecule has 1 amide bonds. The largest absolute Gasteiger partial charge is 0.457 e. The number of sulfonamides is 1. The number of nitrogens with zero attached hydrogens (tertiary/aromatic N) is 1. The predicted molar refractivity (Wildman–Crippen MR) is 113 cm³/mol. The minimum atomic E-state index is -3.63. The standard InChI is InChI=1S/C21H18N2O4S2/c1-2-20(24)22-21-12-15-13-23(14-19(15)28-21)29(25,26)18-10-8-17(9-11-18)27-16-6-4-3-5-7-16/h2-12H,1,13-14H2,(H,22,24). The lowest BCUT2D eigenvalue weighted by Crippen LogP contribution is -2.25. The zero-order valence-electron chi connectivity index (χ0n) is 15.4. The van der Waals surface area contributed by atoms with Gasteiger partial charge in [0, 0.05) is 18.0 Å². The van der Waals surface area contributed by atoms with E-state index in [0.29, 0.717) is 16.5 Å². The van der Waals surface area contributed by atoms with Crippen LogP contribution in [0, 0.1) is 0 Å². The molecule has 1 aliphatic heterocycles. The first-order valence-electron chi connectivity index (χ1n) is 8.84. The lowest BCUT2D eigenvalue weighted by molar-refractivity contribution is -0.111. The first-order chi connectivity index (χ1) is 14.0. The van der Waals surface area contributed by atoms with Crippen molar-refractivity contribution in [2.24, 2.45) is 0 Å². The molecular formula is C21H18N2O4S2. The maximum absolute atomic E-state index is 13.0. The number of anilines is 1. The molecule has 0 radical (unpaired) electrons. The number of hydrogen-bond acceptors (Lipinski definition) is 5. The fraction of sp³-hybridized carbons (Fsp3) is 0.0952. The summed E-state index contributed by atoms with van der Waals surface area (Å²) in [6.45, 7) is 3.99. The molecule has 148 valence electrons. The van der Waals surface area contributed by atoms with E-state index in [2.05, 4.69) is 11.9 Å². The number of carbonyl (C=O) groups excluding carboxylic acids is 1. The molecule has 3 aromatic rings. The summed E-state index contributed by atoms with van der Waals surface area (Å²) in [7, 11) is -3.63. The molecule has 2 aromatic carbocycles. The third-order valence-corrected chi connectivity index (χ3v) is 7.32. The number of hydrogen-bond donors (Lipinski definition) is 1. The van der Waals surface area contributed by atoms with E-state index in [1.54, 1.807) is 24.3 Å². The Morgan fingerprint density at radius 1 is 1.07 bits per heavy atom. The quantitative estimate of drug-likeness (QED) is 0.594. The molecule has 1 aliphatic rings. The Morgan fingerprint density at radius 3 is 2.41 bits per heavy atom. The van der Waals surface area contributed by atoms with E-state index in [9.17, 15) is 13.2 Å². The van der Waals surface area contributed by atoms with E-state index in [1.807, 2.05) is 36.4 Å². The molecule has 0 unspecified atom stereocenters. The second-order valence-electron chi connectivity index (χ2n) is 6.41. The summed E-state index contributed by atoms with van der Waals surface area (Å²) in [6.07, 6.45) is 1.20. The van der Waals surface area contributed by atoms with Gasteiger partial charge >= 0.3 is 0 Å². The number of amides is 1. The highest BCUT2D eigenvalue weighted by Gasteiger charge is 2.32. The van der Waals surface area contributed by atoms with Gasteiger partial charge in [0.15, 0.2) is 0 Å². The first kappa shape index (κ1) is 19.4. The Kier molecular flexibility index (Phi) is 5.23. The van der Waals surface area contributed by atoms with Gasteiger partial charge in [0.2, 0.25) is 15.9 Å². The minimum absolute atomic E-state index is 0.216. The van der Waals surface area contributed by atoms with Gasteiger partial charge in [-0.3, -0.25) is 4.79 Å². The average Bonchev–Trinajstić information content (AvgIpc) is 3.28. The van der Waals surface area contributed by atoms with E-state index in [1.165, 1.54) is 21.7 Å². The minimum Gasteiger partial charge on any atom is -0.457 e. The number of rotatable bonds is 6. The predicted octanol–water partition coefficient (Wildman–Crippen LogP) is 4.37. The normalized spacial score (nSPS) is 13.7. The van der Waals surface area contributed by atoms with Crippen LogP contribution in [0.25, 0.3) is 0 Å². The van der Waals surface area contributed by atoms with Crippen LogP contribution in [-0.2, 0) is 27.9 Å². The molecule has 6 nitrogen and oxygen atoms in total. The van der Waals surface area contributed by atoms with Crippen LogP contribution in [0.3, 0.4) is 0 Å². The van der Waals surface area contributed by atoms with Gasteiger partial charge in [-0.15, -0.1) is 11.3 Å². The average molecular weight is 427 g/mol. The lowest BCUT2D eigenvalue weighted by atomic mass is 10.3. The molecule has 8 heteroatoms. The first-order valence-corrected chi connectivity index (χ1v) is 11.1. The van der Waals surface area contributed by atoms with Crippen LogP contribution < -0.4 is 10.1 Å². The summed E-state index contributed by atoms with van der Waals surface area (Å²) in [5.74, 6) is 0.969. The van der Waals surface area contributed by atoms with Crippen LogP contribution in [0.2, 0.25) is 0 Å². The number of ether oxygens (including phenoxy) is 1. The maximum atomic E-state index is 13.0. The van der Waals surface area contributed by atoms with Gasteiger partial charge in [-0.05, 0) is 54.1 Å². The lowest BCUT2D eigenvalue weighted by Gasteiger charge is -2.16. The summed E-state index contributed by atoms with van der Waals surface area (Å²) in [6, 6.07) is 17.5. The van der Waals surface area contributed by atoms with Crippen LogP contribution in [0.1, 0.15) is 10.4 Å². The van der Waals surface area contributed by atoms with Crippen molar-refractivity contribution in [3.63, 3.8) is 0 Å². The zero-order valence-corrected chi connectivity index (χ0v) is 17.0.